The van der Waals surface area contributed by atoms with E-state index in [4.69, 9.17) is 0 Å². The molecule has 1 heterocycles. The number of quaternary nitrogens is 1. The minimum absolute atomic E-state index is 0.00721. The van der Waals surface area contributed by atoms with Crippen LogP contribution in [0.4, 0.5) is 4.79 Å². The van der Waals surface area contributed by atoms with E-state index >= 15 is 0 Å². The van der Waals surface area contributed by atoms with E-state index in [1.54, 1.807) is 17.0 Å². The third kappa shape index (κ3) is 2.73. The molecule has 2 atom stereocenters. The lowest BCUT2D eigenvalue weighted by Crippen LogP contribution is -2.72. The number of carboxylic acid groups (broad SMARTS) is 1. The molecule has 1 aliphatic heterocycles. The van der Waals surface area contributed by atoms with Crippen molar-refractivity contribution in [3.05, 3.63) is 35.9 Å². The summed E-state index contributed by atoms with van der Waals surface area (Å²) in [6, 6.07) is 9.04. The van der Waals surface area contributed by atoms with Crippen LogP contribution in [0.5, 0.6) is 0 Å². The van der Waals surface area contributed by atoms with Crippen LogP contribution in [0.2, 0.25) is 0 Å². The van der Waals surface area contributed by atoms with Gasteiger partial charge in [0.05, 0.1) is 12.6 Å². The summed E-state index contributed by atoms with van der Waals surface area (Å²) in [5, 5.41) is 9.75. The summed E-state index contributed by atoms with van der Waals surface area (Å²) < 4.78 is -0.00721. The maximum absolute atomic E-state index is 12.6. The highest BCUT2D eigenvalue weighted by molar-refractivity contribution is 5.94. The first-order chi connectivity index (χ1) is 10.2. The van der Waals surface area contributed by atoms with Crippen molar-refractivity contribution >= 4 is 12.0 Å². The first-order valence-corrected chi connectivity index (χ1v) is 7.66. The number of carbonyl (C=O) groups is 2. The van der Waals surface area contributed by atoms with Gasteiger partial charge in [-0.25, -0.2) is 4.48 Å². The third-order valence-electron chi connectivity index (χ3n) is 4.76. The van der Waals surface area contributed by atoms with Crippen LogP contribution in [0.1, 0.15) is 38.1 Å². The molecule has 0 bridgehead atoms. The number of hydrogen-bond donors (Lipinski definition) is 1. The van der Waals surface area contributed by atoms with Gasteiger partial charge in [0.1, 0.15) is 18.6 Å². The molecule has 120 valence electrons. The second-order valence-corrected chi connectivity index (χ2v) is 7.04. The summed E-state index contributed by atoms with van der Waals surface area (Å²) in [7, 11) is 0. The van der Waals surface area contributed by atoms with Crippen molar-refractivity contribution in [3.8, 4) is 0 Å². The van der Waals surface area contributed by atoms with Gasteiger partial charge in [-0.2, -0.15) is 4.79 Å². The second-order valence-electron chi connectivity index (χ2n) is 7.04. The van der Waals surface area contributed by atoms with Gasteiger partial charge in [-0.1, -0.05) is 18.2 Å². The number of amides is 2. The van der Waals surface area contributed by atoms with Crippen molar-refractivity contribution in [2.24, 2.45) is 0 Å². The fourth-order valence-corrected chi connectivity index (χ4v) is 3.26. The smallest absolute Gasteiger partial charge is 0.435 e. The molecule has 1 unspecified atom stereocenters. The Morgan fingerprint density at radius 2 is 1.82 bits per heavy atom. The lowest BCUT2D eigenvalue weighted by molar-refractivity contribution is -0.909. The van der Waals surface area contributed by atoms with E-state index in [-0.39, 0.29) is 16.4 Å². The molecule has 0 spiro atoms. The van der Waals surface area contributed by atoms with Crippen molar-refractivity contribution in [1.82, 2.24) is 4.90 Å². The van der Waals surface area contributed by atoms with E-state index in [1.165, 1.54) is 0 Å². The molecule has 0 saturated carbocycles. The van der Waals surface area contributed by atoms with Crippen LogP contribution in [0.15, 0.2) is 30.3 Å². The van der Waals surface area contributed by atoms with Gasteiger partial charge in [0.15, 0.2) is 0 Å². The fourth-order valence-electron chi connectivity index (χ4n) is 3.26. The van der Waals surface area contributed by atoms with E-state index in [2.05, 4.69) is 0 Å². The van der Waals surface area contributed by atoms with Gasteiger partial charge in [-0.15, -0.1) is 0 Å². The molecular weight excluding hydrogens is 280 g/mol. The molecule has 5 nitrogen and oxygen atoms in total. The van der Waals surface area contributed by atoms with Gasteiger partial charge in [0, 0.05) is 5.56 Å². The maximum atomic E-state index is 12.6. The Bertz CT molecular complexity index is 565. The normalized spacial score (nSPS) is 25.8. The number of carbonyl (C=O) groups excluding carboxylic acids is 1. The summed E-state index contributed by atoms with van der Waals surface area (Å²) in [5.41, 5.74) is 0.252. The number of piperazine rings is 1. The quantitative estimate of drug-likeness (QED) is 0.812. The SMILES string of the molecule is C[C@H]1C[N+](C(=O)O)(C(C)(C)C)CCN1C(=O)c1ccccc1. The van der Waals surface area contributed by atoms with Crippen molar-refractivity contribution in [2.75, 3.05) is 19.6 Å². The van der Waals surface area contributed by atoms with Crippen LogP contribution in [0.25, 0.3) is 0 Å². The zero-order valence-electron chi connectivity index (χ0n) is 13.7. The number of rotatable bonds is 1. The molecule has 5 heteroatoms. The van der Waals surface area contributed by atoms with Crippen molar-refractivity contribution in [1.29, 1.82) is 0 Å². The van der Waals surface area contributed by atoms with Crippen molar-refractivity contribution in [3.63, 3.8) is 0 Å². The standard InChI is InChI=1S/C17H24N2O3/c1-13-12-19(16(21)22,17(2,3)4)11-10-18(13)15(20)14-8-6-5-7-9-14/h5-9,13H,10-12H2,1-4H3/p+1/t13-,19?/m0/s1. The van der Waals surface area contributed by atoms with E-state index in [1.807, 2.05) is 45.9 Å². The Hall–Kier alpha value is -1.88. The average Bonchev–Trinajstić information content (AvgIpc) is 2.46. The summed E-state index contributed by atoms with van der Waals surface area (Å²) >= 11 is 0. The molecule has 1 aliphatic rings. The average molecular weight is 305 g/mol. The monoisotopic (exact) mass is 305 g/mol. The highest BCUT2D eigenvalue weighted by Gasteiger charge is 2.52. The summed E-state index contributed by atoms with van der Waals surface area (Å²) in [5.74, 6) is -0.0230. The highest BCUT2D eigenvalue weighted by Crippen LogP contribution is 2.30. The first kappa shape index (κ1) is 16.5. The topological polar surface area (TPSA) is 57.6 Å². The Morgan fingerprint density at radius 1 is 1.23 bits per heavy atom. The molecule has 1 fully saturated rings. The van der Waals surface area contributed by atoms with Crippen LogP contribution in [-0.2, 0) is 0 Å². The van der Waals surface area contributed by atoms with Gasteiger partial charge in [0.25, 0.3) is 5.91 Å². The maximum Gasteiger partial charge on any atom is 0.514 e. The Kier molecular flexibility index (Phi) is 4.29. The molecule has 0 aliphatic carbocycles. The lowest BCUT2D eigenvalue weighted by Gasteiger charge is -2.50. The zero-order valence-corrected chi connectivity index (χ0v) is 13.7. The van der Waals surface area contributed by atoms with Gasteiger partial charge in [-0.05, 0) is 39.8 Å². The third-order valence-corrected chi connectivity index (χ3v) is 4.76. The van der Waals surface area contributed by atoms with E-state index in [0.717, 1.165) is 0 Å². The largest absolute Gasteiger partial charge is 0.514 e. The molecule has 0 aromatic heterocycles. The van der Waals surface area contributed by atoms with Gasteiger partial charge < -0.3 is 10.0 Å². The van der Waals surface area contributed by atoms with E-state index in [9.17, 15) is 14.7 Å². The molecule has 1 aromatic rings. The van der Waals surface area contributed by atoms with Gasteiger partial charge in [0.2, 0.25) is 0 Å². The predicted molar refractivity (Wildman–Crippen MR) is 84.7 cm³/mol. The molecule has 2 amide bonds. The molecule has 22 heavy (non-hydrogen) atoms. The van der Waals surface area contributed by atoms with Crippen LogP contribution < -0.4 is 0 Å². The van der Waals surface area contributed by atoms with Crippen LogP contribution >= 0.6 is 0 Å². The zero-order chi connectivity index (χ0) is 16.5. The highest BCUT2D eigenvalue weighted by atomic mass is 16.4. The van der Waals surface area contributed by atoms with Crippen LogP contribution in [-0.4, -0.2) is 57.7 Å². The van der Waals surface area contributed by atoms with E-state index < -0.39 is 11.6 Å². The summed E-state index contributed by atoms with van der Waals surface area (Å²) in [4.78, 5) is 26.3. The second kappa shape index (κ2) is 5.72. The Morgan fingerprint density at radius 3 is 2.27 bits per heavy atom. The van der Waals surface area contributed by atoms with Crippen molar-refractivity contribution < 1.29 is 19.2 Å². The Labute approximate surface area is 131 Å². The fraction of sp³-hybridized carbons (Fsp3) is 0.529. The molecule has 2 rings (SSSR count). The van der Waals surface area contributed by atoms with Crippen molar-refractivity contribution in [2.45, 2.75) is 39.3 Å². The van der Waals surface area contributed by atoms with E-state index in [0.29, 0.717) is 25.2 Å². The predicted octanol–water partition coefficient (Wildman–Crippen LogP) is 2.82. The number of nitrogens with zero attached hydrogens (tertiary/aromatic N) is 2. The molecular formula is C17H25N2O3+. The minimum atomic E-state index is -0.814. The van der Waals surface area contributed by atoms with Gasteiger partial charge in [-0.3, -0.25) is 4.79 Å². The van der Waals surface area contributed by atoms with Gasteiger partial charge >= 0.3 is 6.09 Å². The van der Waals surface area contributed by atoms with Crippen LogP contribution in [0.3, 0.4) is 0 Å². The number of hydrogen-bond acceptors (Lipinski definition) is 2. The summed E-state index contributed by atoms with van der Waals surface area (Å²) in [6.07, 6.45) is -0.814. The molecule has 1 aromatic carbocycles. The molecule has 1 N–H and O–H groups in total. The number of benzene rings is 1. The first-order valence-electron chi connectivity index (χ1n) is 7.66. The molecule has 0 radical (unpaired) electrons. The lowest BCUT2D eigenvalue weighted by atomic mass is 9.97. The summed E-state index contributed by atoms with van der Waals surface area (Å²) in [6.45, 7) is 9.09. The van der Waals surface area contributed by atoms with Crippen LogP contribution in [0, 0.1) is 0 Å². The minimum Gasteiger partial charge on any atom is -0.435 e. The molecule has 1 saturated heterocycles. The Balaban J connectivity index is 2.23.